The highest BCUT2D eigenvalue weighted by atomic mass is 15.2. The molecule has 3 nitrogen and oxygen atoms in total. The number of hydrogen-bond acceptors (Lipinski definition) is 3. The van der Waals surface area contributed by atoms with Gasteiger partial charge in [0.1, 0.15) is 5.54 Å². The lowest BCUT2D eigenvalue weighted by Gasteiger charge is -2.44. The Morgan fingerprint density at radius 2 is 2.00 bits per heavy atom. The third-order valence-corrected chi connectivity index (χ3v) is 5.71. The van der Waals surface area contributed by atoms with Gasteiger partial charge in [0.2, 0.25) is 0 Å². The van der Waals surface area contributed by atoms with Gasteiger partial charge < -0.3 is 4.90 Å². The summed E-state index contributed by atoms with van der Waals surface area (Å²) in [7, 11) is 2.31. The zero-order valence-corrected chi connectivity index (χ0v) is 14.2. The summed E-state index contributed by atoms with van der Waals surface area (Å²) < 4.78 is 0. The van der Waals surface area contributed by atoms with Crippen LogP contribution in [0.5, 0.6) is 0 Å². The Hall–Kier alpha value is -0.590. The summed E-state index contributed by atoms with van der Waals surface area (Å²) in [6.45, 7) is 5.53. The van der Waals surface area contributed by atoms with E-state index in [4.69, 9.17) is 0 Å². The van der Waals surface area contributed by atoms with Crippen LogP contribution in [0.4, 0.5) is 0 Å². The normalized spacial score (nSPS) is 37.4. The summed E-state index contributed by atoms with van der Waals surface area (Å²) in [5.41, 5.74) is -0.270. The fraction of sp³-hybridized carbons (Fsp3) is 0.944. The van der Waals surface area contributed by atoms with Gasteiger partial charge in [-0.1, -0.05) is 26.7 Å². The average molecular weight is 291 g/mol. The van der Waals surface area contributed by atoms with E-state index < -0.39 is 0 Å². The molecule has 3 heteroatoms. The second kappa shape index (κ2) is 7.61. The second-order valence-electron chi connectivity index (χ2n) is 7.46. The van der Waals surface area contributed by atoms with Crippen molar-refractivity contribution in [1.29, 1.82) is 5.26 Å². The first-order chi connectivity index (χ1) is 10.1. The average Bonchev–Trinajstić information content (AvgIpc) is 2.52. The fourth-order valence-corrected chi connectivity index (χ4v) is 4.33. The van der Waals surface area contributed by atoms with Crippen LogP contribution in [0.3, 0.4) is 0 Å². The molecule has 21 heavy (non-hydrogen) atoms. The predicted molar refractivity (Wildman–Crippen MR) is 88.1 cm³/mol. The molecule has 0 saturated heterocycles. The standard InChI is InChI=1S/C18H33N3/c1-4-11-20-18(14-19)10-6-9-17(13-18)21(3)16-8-5-7-15(2)12-16/h15-17,20H,4-13H2,1-3H3. The van der Waals surface area contributed by atoms with Crippen LogP contribution in [0, 0.1) is 17.2 Å². The summed E-state index contributed by atoms with van der Waals surface area (Å²) in [6.07, 6.45) is 11.0. The fourth-order valence-electron chi connectivity index (χ4n) is 4.33. The van der Waals surface area contributed by atoms with E-state index >= 15 is 0 Å². The number of nitrogens with zero attached hydrogens (tertiary/aromatic N) is 2. The van der Waals surface area contributed by atoms with E-state index in [9.17, 15) is 5.26 Å². The Morgan fingerprint density at radius 1 is 1.24 bits per heavy atom. The second-order valence-corrected chi connectivity index (χ2v) is 7.46. The summed E-state index contributed by atoms with van der Waals surface area (Å²) in [6, 6.07) is 3.93. The molecule has 0 aromatic carbocycles. The predicted octanol–water partition coefficient (Wildman–Crippen LogP) is 3.70. The van der Waals surface area contributed by atoms with Crippen molar-refractivity contribution in [2.75, 3.05) is 13.6 Å². The molecular weight excluding hydrogens is 258 g/mol. The topological polar surface area (TPSA) is 39.1 Å². The summed E-state index contributed by atoms with van der Waals surface area (Å²) in [5, 5.41) is 13.2. The van der Waals surface area contributed by atoms with Gasteiger partial charge in [-0.05, 0) is 64.5 Å². The monoisotopic (exact) mass is 291 g/mol. The van der Waals surface area contributed by atoms with Crippen molar-refractivity contribution in [1.82, 2.24) is 10.2 Å². The molecule has 0 spiro atoms. The minimum absolute atomic E-state index is 0.270. The molecule has 0 bridgehead atoms. The van der Waals surface area contributed by atoms with Crippen LogP contribution in [-0.2, 0) is 0 Å². The number of nitriles is 1. The maximum absolute atomic E-state index is 9.69. The molecule has 1 N–H and O–H groups in total. The summed E-state index contributed by atoms with van der Waals surface area (Å²) in [5.74, 6) is 0.869. The van der Waals surface area contributed by atoms with E-state index in [1.54, 1.807) is 0 Å². The molecule has 2 aliphatic rings. The van der Waals surface area contributed by atoms with Crippen LogP contribution in [0.25, 0.3) is 0 Å². The molecule has 0 heterocycles. The molecule has 2 aliphatic carbocycles. The van der Waals surface area contributed by atoms with Crippen molar-refractivity contribution < 1.29 is 0 Å². The molecule has 0 aliphatic heterocycles. The number of nitrogens with one attached hydrogen (secondary N) is 1. The molecule has 4 atom stereocenters. The lowest BCUT2D eigenvalue weighted by molar-refractivity contribution is 0.0755. The first kappa shape index (κ1) is 16.8. The zero-order valence-electron chi connectivity index (χ0n) is 14.2. The van der Waals surface area contributed by atoms with E-state index in [2.05, 4.69) is 37.2 Å². The van der Waals surface area contributed by atoms with Gasteiger partial charge in [0, 0.05) is 12.1 Å². The molecule has 2 saturated carbocycles. The smallest absolute Gasteiger partial charge is 0.108 e. The van der Waals surface area contributed by atoms with E-state index in [-0.39, 0.29) is 5.54 Å². The van der Waals surface area contributed by atoms with Gasteiger partial charge in [-0.2, -0.15) is 5.26 Å². The van der Waals surface area contributed by atoms with Gasteiger partial charge >= 0.3 is 0 Å². The largest absolute Gasteiger partial charge is 0.300 e. The molecule has 0 aromatic heterocycles. The number of hydrogen-bond donors (Lipinski definition) is 1. The number of rotatable bonds is 5. The van der Waals surface area contributed by atoms with Gasteiger partial charge in [-0.3, -0.25) is 5.32 Å². The highest BCUT2D eigenvalue weighted by Gasteiger charge is 2.39. The molecular formula is C18H33N3. The van der Waals surface area contributed by atoms with Gasteiger partial charge in [-0.15, -0.1) is 0 Å². The molecule has 0 amide bonds. The Kier molecular flexibility index (Phi) is 6.08. The maximum Gasteiger partial charge on any atom is 0.108 e. The van der Waals surface area contributed by atoms with E-state index in [1.165, 1.54) is 38.5 Å². The van der Waals surface area contributed by atoms with Crippen LogP contribution < -0.4 is 5.32 Å². The van der Waals surface area contributed by atoms with Crippen LogP contribution >= 0.6 is 0 Å². The highest BCUT2D eigenvalue weighted by Crippen LogP contribution is 2.34. The third kappa shape index (κ3) is 4.20. The van der Waals surface area contributed by atoms with Crippen molar-refractivity contribution in [3.8, 4) is 6.07 Å². The first-order valence-electron chi connectivity index (χ1n) is 8.98. The summed E-state index contributed by atoms with van der Waals surface area (Å²) in [4.78, 5) is 2.62. The van der Waals surface area contributed by atoms with Crippen LogP contribution in [-0.4, -0.2) is 36.1 Å². The van der Waals surface area contributed by atoms with E-state index in [0.29, 0.717) is 6.04 Å². The van der Waals surface area contributed by atoms with Gasteiger partial charge in [0.25, 0.3) is 0 Å². The lowest BCUT2D eigenvalue weighted by Crippen LogP contribution is -2.54. The van der Waals surface area contributed by atoms with Crippen molar-refractivity contribution >= 4 is 0 Å². The summed E-state index contributed by atoms with van der Waals surface area (Å²) >= 11 is 0. The highest BCUT2D eigenvalue weighted by molar-refractivity contribution is 5.11. The van der Waals surface area contributed by atoms with Gasteiger partial charge in [0.15, 0.2) is 0 Å². The van der Waals surface area contributed by atoms with Crippen LogP contribution in [0.1, 0.15) is 71.6 Å². The molecule has 2 fully saturated rings. The van der Waals surface area contributed by atoms with Gasteiger partial charge in [-0.25, -0.2) is 0 Å². The van der Waals surface area contributed by atoms with Crippen molar-refractivity contribution in [3.63, 3.8) is 0 Å². The molecule has 0 aromatic rings. The minimum Gasteiger partial charge on any atom is -0.300 e. The Balaban J connectivity index is 1.97. The Labute approximate surface area is 131 Å². The molecule has 4 unspecified atom stereocenters. The molecule has 2 rings (SSSR count). The lowest BCUT2D eigenvalue weighted by atomic mass is 9.78. The molecule has 120 valence electrons. The van der Waals surface area contributed by atoms with Crippen LogP contribution in [0.2, 0.25) is 0 Å². The van der Waals surface area contributed by atoms with E-state index in [0.717, 1.165) is 37.8 Å². The van der Waals surface area contributed by atoms with Crippen molar-refractivity contribution in [2.24, 2.45) is 5.92 Å². The molecule has 0 radical (unpaired) electrons. The third-order valence-electron chi connectivity index (χ3n) is 5.71. The maximum atomic E-state index is 9.69. The SMILES string of the molecule is CCCNC1(C#N)CCCC(N(C)C2CCCC(C)C2)C1. The van der Waals surface area contributed by atoms with Crippen LogP contribution in [0.15, 0.2) is 0 Å². The zero-order chi connectivity index (χ0) is 15.3. The Morgan fingerprint density at radius 3 is 2.67 bits per heavy atom. The Bertz CT molecular complexity index is 362. The minimum atomic E-state index is -0.270. The van der Waals surface area contributed by atoms with Gasteiger partial charge in [0.05, 0.1) is 6.07 Å². The van der Waals surface area contributed by atoms with E-state index in [1.807, 2.05) is 0 Å². The van der Waals surface area contributed by atoms with Crippen molar-refractivity contribution in [2.45, 2.75) is 89.3 Å². The quantitative estimate of drug-likeness (QED) is 0.839. The first-order valence-corrected chi connectivity index (χ1v) is 8.98. The van der Waals surface area contributed by atoms with Crippen molar-refractivity contribution in [3.05, 3.63) is 0 Å².